The van der Waals surface area contributed by atoms with Crippen molar-refractivity contribution >= 4 is 17.4 Å². The lowest BCUT2D eigenvalue weighted by molar-refractivity contribution is 1.03. The molecule has 0 amide bonds. The van der Waals surface area contributed by atoms with E-state index in [0.29, 0.717) is 18.3 Å². The highest BCUT2D eigenvalue weighted by Gasteiger charge is 2.10. The molecule has 0 atom stereocenters. The third-order valence-corrected chi connectivity index (χ3v) is 3.79. The predicted molar refractivity (Wildman–Crippen MR) is 92.9 cm³/mol. The maximum absolute atomic E-state index is 5.74. The number of nitrogens with one attached hydrogen (secondary N) is 2. The van der Waals surface area contributed by atoms with Crippen molar-refractivity contribution in [3.05, 3.63) is 60.0 Å². The molecule has 0 aliphatic heterocycles. The molecule has 0 unspecified atom stereocenters. The summed E-state index contributed by atoms with van der Waals surface area (Å²) in [6.07, 6.45) is 3.61. The second-order valence-electron chi connectivity index (χ2n) is 5.59. The van der Waals surface area contributed by atoms with Crippen molar-refractivity contribution in [2.75, 3.05) is 5.32 Å². The van der Waals surface area contributed by atoms with Crippen LogP contribution in [0.15, 0.2) is 48.8 Å². The van der Waals surface area contributed by atoms with Gasteiger partial charge in [-0.15, -0.1) is 0 Å². The number of hydrogen-bond acceptors (Lipinski definition) is 5. The first-order valence-electron chi connectivity index (χ1n) is 7.65. The smallest absolute Gasteiger partial charge is 0.214 e. The monoisotopic (exact) mass is 319 g/mol. The van der Waals surface area contributed by atoms with Gasteiger partial charge in [-0.1, -0.05) is 18.2 Å². The number of H-pyrrole nitrogens is 1. The molecule has 0 spiro atoms. The average Bonchev–Trinajstić information content (AvgIpc) is 3.23. The molecule has 0 saturated heterocycles. The second-order valence-corrected chi connectivity index (χ2v) is 5.59. The first-order valence-corrected chi connectivity index (χ1v) is 7.65. The maximum atomic E-state index is 5.74. The highest BCUT2D eigenvalue weighted by molar-refractivity contribution is 5.67. The molecular formula is C17H17N7. The van der Waals surface area contributed by atoms with E-state index < -0.39 is 0 Å². The van der Waals surface area contributed by atoms with Crippen LogP contribution in [0.3, 0.4) is 0 Å². The third-order valence-electron chi connectivity index (χ3n) is 3.79. The molecule has 4 aromatic rings. The Morgan fingerprint density at radius 1 is 1.25 bits per heavy atom. The van der Waals surface area contributed by atoms with Crippen molar-refractivity contribution in [1.82, 2.24) is 24.6 Å². The van der Waals surface area contributed by atoms with Crippen LogP contribution < -0.4 is 11.1 Å². The number of benzene rings is 1. The van der Waals surface area contributed by atoms with Crippen LogP contribution in [0.25, 0.3) is 16.9 Å². The molecule has 4 rings (SSSR count). The van der Waals surface area contributed by atoms with Crippen LogP contribution in [0.1, 0.15) is 11.3 Å². The lowest BCUT2D eigenvalue weighted by Gasteiger charge is -2.09. The fourth-order valence-corrected chi connectivity index (χ4v) is 2.61. The Hall–Kier alpha value is -3.19. The zero-order valence-electron chi connectivity index (χ0n) is 13.2. The number of fused-ring (bicyclic) bond motifs is 1. The largest absolute Gasteiger partial charge is 0.326 e. The molecule has 120 valence electrons. The Labute approximate surface area is 138 Å². The highest BCUT2D eigenvalue weighted by Crippen LogP contribution is 2.23. The van der Waals surface area contributed by atoms with Gasteiger partial charge in [0.25, 0.3) is 0 Å². The van der Waals surface area contributed by atoms with Gasteiger partial charge in [-0.05, 0) is 18.6 Å². The number of nitrogens with zero attached hydrogens (tertiary/aromatic N) is 4. The van der Waals surface area contributed by atoms with Crippen LogP contribution in [-0.2, 0) is 6.54 Å². The molecule has 0 aliphatic rings. The average molecular weight is 319 g/mol. The SMILES string of the molecule is Cc1cc(Nc2nc(-c3cccc(CN)c3)cc3nccn23)n[nH]1. The van der Waals surface area contributed by atoms with Crippen molar-refractivity contribution in [2.45, 2.75) is 13.5 Å². The van der Waals surface area contributed by atoms with Crippen LogP contribution in [0.4, 0.5) is 11.8 Å². The van der Waals surface area contributed by atoms with Crippen LogP contribution in [0.5, 0.6) is 0 Å². The molecule has 3 aromatic heterocycles. The summed E-state index contributed by atoms with van der Waals surface area (Å²) in [5.41, 5.74) is 10.4. The Kier molecular flexibility index (Phi) is 3.47. The van der Waals surface area contributed by atoms with Gasteiger partial charge < -0.3 is 11.1 Å². The second kappa shape index (κ2) is 5.78. The number of aromatic nitrogens is 5. The standard InChI is InChI=1S/C17H17N7/c1-11-7-15(23-22-11)21-17-20-14(9-16-19-5-6-24(16)17)13-4-2-3-12(8-13)10-18/h2-9H,10,18H2,1H3,(H2,20,21,22,23). The molecule has 24 heavy (non-hydrogen) atoms. The summed E-state index contributed by atoms with van der Waals surface area (Å²) in [4.78, 5) is 9.13. The van der Waals surface area contributed by atoms with Crippen molar-refractivity contribution in [2.24, 2.45) is 5.73 Å². The summed E-state index contributed by atoms with van der Waals surface area (Å²) < 4.78 is 1.89. The number of aromatic amines is 1. The Balaban J connectivity index is 1.82. The van der Waals surface area contributed by atoms with E-state index in [1.807, 2.05) is 53.9 Å². The van der Waals surface area contributed by atoms with E-state index >= 15 is 0 Å². The normalized spacial score (nSPS) is 11.1. The summed E-state index contributed by atoms with van der Waals surface area (Å²) in [6.45, 7) is 2.45. The molecule has 0 radical (unpaired) electrons. The van der Waals surface area contributed by atoms with Crippen molar-refractivity contribution in [3.8, 4) is 11.3 Å². The number of rotatable bonds is 4. The van der Waals surface area contributed by atoms with Crippen LogP contribution >= 0.6 is 0 Å². The van der Waals surface area contributed by atoms with Gasteiger partial charge in [-0.2, -0.15) is 5.10 Å². The zero-order chi connectivity index (χ0) is 16.5. The Bertz CT molecular complexity index is 999. The summed E-state index contributed by atoms with van der Waals surface area (Å²) in [6, 6.07) is 11.9. The summed E-state index contributed by atoms with van der Waals surface area (Å²) in [5.74, 6) is 1.37. The van der Waals surface area contributed by atoms with E-state index in [9.17, 15) is 0 Å². The minimum atomic E-state index is 0.497. The van der Waals surface area contributed by atoms with E-state index in [-0.39, 0.29) is 0 Å². The predicted octanol–water partition coefficient (Wildman–Crippen LogP) is 2.63. The fourth-order valence-electron chi connectivity index (χ4n) is 2.61. The number of aryl methyl sites for hydroxylation is 1. The van der Waals surface area contributed by atoms with E-state index in [1.54, 1.807) is 6.20 Å². The maximum Gasteiger partial charge on any atom is 0.214 e. The van der Waals surface area contributed by atoms with E-state index in [2.05, 4.69) is 20.5 Å². The van der Waals surface area contributed by atoms with Gasteiger partial charge in [0.15, 0.2) is 5.82 Å². The first kappa shape index (κ1) is 14.4. The molecule has 0 bridgehead atoms. The minimum absolute atomic E-state index is 0.497. The van der Waals surface area contributed by atoms with E-state index in [4.69, 9.17) is 10.7 Å². The number of imidazole rings is 1. The van der Waals surface area contributed by atoms with Gasteiger partial charge in [0.05, 0.1) is 5.69 Å². The summed E-state index contributed by atoms with van der Waals surface area (Å²) >= 11 is 0. The van der Waals surface area contributed by atoms with E-state index in [1.165, 1.54) is 0 Å². The van der Waals surface area contributed by atoms with Gasteiger partial charge >= 0.3 is 0 Å². The van der Waals surface area contributed by atoms with Gasteiger partial charge in [-0.25, -0.2) is 9.97 Å². The van der Waals surface area contributed by atoms with Crippen LogP contribution in [-0.4, -0.2) is 24.6 Å². The van der Waals surface area contributed by atoms with Crippen LogP contribution in [0.2, 0.25) is 0 Å². The summed E-state index contributed by atoms with van der Waals surface area (Å²) in [5, 5.41) is 10.4. The molecule has 0 aliphatic carbocycles. The lowest BCUT2D eigenvalue weighted by atomic mass is 10.1. The lowest BCUT2D eigenvalue weighted by Crippen LogP contribution is -2.03. The quantitative estimate of drug-likeness (QED) is 0.537. The molecule has 7 nitrogen and oxygen atoms in total. The molecule has 4 N–H and O–H groups in total. The first-order chi connectivity index (χ1) is 11.7. The molecular weight excluding hydrogens is 302 g/mol. The summed E-state index contributed by atoms with van der Waals surface area (Å²) in [7, 11) is 0. The van der Waals surface area contributed by atoms with Crippen molar-refractivity contribution in [3.63, 3.8) is 0 Å². The van der Waals surface area contributed by atoms with E-state index in [0.717, 1.165) is 28.2 Å². The fraction of sp³-hybridized carbons (Fsp3) is 0.118. The Morgan fingerprint density at radius 3 is 2.96 bits per heavy atom. The molecule has 7 heteroatoms. The molecule has 1 aromatic carbocycles. The topological polar surface area (TPSA) is 96.9 Å². The molecule has 3 heterocycles. The number of nitrogens with two attached hydrogens (primary N) is 1. The van der Waals surface area contributed by atoms with Gasteiger partial charge in [-0.3, -0.25) is 9.50 Å². The molecule has 0 fully saturated rings. The molecule has 0 saturated carbocycles. The number of hydrogen-bond donors (Lipinski definition) is 3. The van der Waals surface area contributed by atoms with Crippen molar-refractivity contribution < 1.29 is 0 Å². The van der Waals surface area contributed by atoms with Gasteiger partial charge in [0, 0.05) is 42.3 Å². The van der Waals surface area contributed by atoms with Gasteiger partial charge in [0.1, 0.15) is 5.65 Å². The van der Waals surface area contributed by atoms with Crippen molar-refractivity contribution in [1.29, 1.82) is 0 Å². The van der Waals surface area contributed by atoms with Crippen LogP contribution in [0, 0.1) is 6.92 Å². The number of anilines is 2. The zero-order valence-corrected chi connectivity index (χ0v) is 13.2. The minimum Gasteiger partial charge on any atom is -0.326 e. The Morgan fingerprint density at radius 2 is 2.17 bits per heavy atom. The van der Waals surface area contributed by atoms with Gasteiger partial charge in [0.2, 0.25) is 5.95 Å². The third kappa shape index (κ3) is 2.61. The highest BCUT2D eigenvalue weighted by atomic mass is 15.3.